The summed E-state index contributed by atoms with van der Waals surface area (Å²) in [6.45, 7) is 5.50. The Bertz CT molecular complexity index is 220. The van der Waals surface area contributed by atoms with Gasteiger partial charge in [-0.3, -0.25) is 0 Å². The van der Waals surface area contributed by atoms with Gasteiger partial charge in [0.05, 0.1) is 27.2 Å². The Morgan fingerprint density at radius 2 is 0.913 bits per heavy atom. The molecule has 0 saturated carbocycles. The summed E-state index contributed by atoms with van der Waals surface area (Å²) < 4.78 is 1.09. The van der Waals surface area contributed by atoms with Gasteiger partial charge in [0.15, 0.2) is 0 Å². The Balaban J connectivity index is 0. The van der Waals surface area contributed by atoms with Crippen LogP contribution < -0.4 is 18.1 Å². The van der Waals surface area contributed by atoms with Crippen LogP contribution in [0, 0.1) is 0 Å². The van der Waals surface area contributed by atoms with Crippen LogP contribution in [0.5, 0.6) is 0 Å². The molecule has 0 rings (SSSR count). The average Bonchev–Trinajstić information content (AvgIpc) is 2.47. The fourth-order valence-corrected chi connectivity index (χ4v) is 3.20. The van der Waals surface area contributed by atoms with Gasteiger partial charge >= 0.3 is 0 Å². The molecule has 0 aliphatic carbocycles. The van der Waals surface area contributed by atoms with E-state index in [1.807, 2.05) is 0 Å². The number of quaternary nitrogens is 1. The number of likely N-dealkylation sites (N-methyl/N-ethyl adjacent to an activating group) is 1. The van der Waals surface area contributed by atoms with Crippen LogP contribution in [0.3, 0.4) is 0 Å². The lowest BCUT2D eigenvalue weighted by molar-refractivity contribution is -0.889. The molecule has 0 spiro atoms. The van der Waals surface area contributed by atoms with E-state index in [-0.39, 0.29) is 12.4 Å². The van der Waals surface area contributed by atoms with Gasteiger partial charge < -0.3 is 22.6 Å². The molecule has 0 fully saturated rings. The summed E-state index contributed by atoms with van der Waals surface area (Å²) in [6.07, 6.45) is 20.2. The van der Waals surface area contributed by atoms with E-state index in [1.165, 1.54) is 96.4 Å². The second kappa shape index (κ2) is 18.5. The van der Waals surface area contributed by atoms with Gasteiger partial charge in [0.2, 0.25) is 0 Å². The molecule has 0 aromatic rings. The summed E-state index contributed by atoms with van der Waals surface area (Å²) in [5.74, 6) is 0. The Hall–Kier alpha value is 0.210. The minimum atomic E-state index is 0. The van der Waals surface area contributed by atoms with Crippen LogP contribution in [-0.4, -0.2) is 38.2 Å². The summed E-state index contributed by atoms with van der Waals surface area (Å²) in [5.41, 5.74) is 5.65. The van der Waals surface area contributed by atoms with Crippen molar-refractivity contribution in [3.8, 4) is 0 Å². The normalized spacial score (nSPS) is 11.5. The molecule has 3 heteroatoms. The molecule has 142 valence electrons. The van der Waals surface area contributed by atoms with Gasteiger partial charge in [-0.05, 0) is 12.8 Å². The molecule has 0 heterocycles. The van der Waals surface area contributed by atoms with Gasteiger partial charge in [-0.15, -0.1) is 0 Å². The molecule has 0 aliphatic rings. The summed E-state index contributed by atoms with van der Waals surface area (Å²) in [7, 11) is 4.60. The monoisotopic (exact) mass is 348 g/mol. The van der Waals surface area contributed by atoms with E-state index < -0.39 is 0 Å². The SMILES string of the molecule is CCCCCCCCCCCCCCCC[N+](C)(C)CCN.[Cl-]. The number of hydrogen-bond acceptors (Lipinski definition) is 1. The van der Waals surface area contributed by atoms with Crippen molar-refractivity contribution in [1.82, 2.24) is 0 Å². The zero-order chi connectivity index (χ0) is 16.5. The average molecular weight is 349 g/mol. The molecule has 2 N–H and O–H groups in total. The molecular formula is C20H45ClN2. The van der Waals surface area contributed by atoms with Crippen LogP contribution in [0.4, 0.5) is 0 Å². The first-order valence-corrected chi connectivity index (χ1v) is 10.1. The Labute approximate surface area is 153 Å². The van der Waals surface area contributed by atoms with E-state index in [4.69, 9.17) is 5.73 Å². The van der Waals surface area contributed by atoms with Crippen LogP contribution in [0.25, 0.3) is 0 Å². The summed E-state index contributed by atoms with van der Waals surface area (Å²) in [4.78, 5) is 0. The maximum atomic E-state index is 5.65. The van der Waals surface area contributed by atoms with E-state index in [0.29, 0.717) is 0 Å². The van der Waals surface area contributed by atoms with Crippen molar-refractivity contribution in [3.63, 3.8) is 0 Å². The second-order valence-electron chi connectivity index (χ2n) is 7.77. The van der Waals surface area contributed by atoms with Crippen molar-refractivity contribution < 1.29 is 16.9 Å². The zero-order valence-corrected chi connectivity index (χ0v) is 17.2. The molecule has 0 atom stereocenters. The summed E-state index contributed by atoms with van der Waals surface area (Å²) >= 11 is 0. The highest BCUT2D eigenvalue weighted by atomic mass is 35.5. The second-order valence-corrected chi connectivity index (χ2v) is 7.77. The number of unbranched alkanes of at least 4 members (excludes halogenated alkanes) is 13. The number of nitrogens with two attached hydrogens (primary N) is 1. The number of nitrogens with zero attached hydrogens (tertiary/aromatic N) is 1. The molecule has 0 amide bonds. The maximum absolute atomic E-state index is 5.65. The molecule has 0 radical (unpaired) electrons. The maximum Gasteiger partial charge on any atom is 0.0907 e. The van der Waals surface area contributed by atoms with Crippen molar-refractivity contribution in [3.05, 3.63) is 0 Å². The lowest BCUT2D eigenvalue weighted by Crippen LogP contribution is -3.00. The van der Waals surface area contributed by atoms with Crippen LogP contribution in [0.1, 0.15) is 96.8 Å². The first kappa shape index (κ1) is 25.5. The van der Waals surface area contributed by atoms with Crippen molar-refractivity contribution in [2.45, 2.75) is 96.8 Å². The number of hydrogen-bond donors (Lipinski definition) is 1. The predicted molar refractivity (Wildman–Crippen MR) is 101 cm³/mol. The Kier molecular flexibility index (Phi) is 20.5. The quantitative estimate of drug-likeness (QED) is 0.317. The van der Waals surface area contributed by atoms with E-state index in [2.05, 4.69) is 21.0 Å². The van der Waals surface area contributed by atoms with Gasteiger partial charge in [-0.25, -0.2) is 0 Å². The molecule has 0 aliphatic heterocycles. The fraction of sp³-hybridized carbons (Fsp3) is 1.00. The third-order valence-corrected chi connectivity index (χ3v) is 4.85. The smallest absolute Gasteiger partial charge is 0.0907 e. The Morgan fingerprint density at radius 1 is 0.565 bits per heavy atom. The van der Waals surface area contributed by atoms with E-state index >= 15 is 0 Å². The highest BCUT2D eigenvalue weighted by Crippen LogP contribution is 2.13. The molecule has 0 saturated heterocycles. The number of halogens is 1. The van der Waals surface area contributed by atoms with E-state index in [0.717, 1.165) is 17.6 Å². The van der Waals surface area contributed by atoms with Crippen LogP contribution >= 0.6 is 0 Å². The minimum absolute atomic E-state index is 0. The molecule has 2 nitrogen and oxygen atoms in total. The number of rotatable bonds is 17. The molecule has 23 heavy (non-hydrogen) atoms. The van der Waals surface area contributed by atoms with Crippen LogP contribution in [0.2, 0.25) is 0 Å². The predicted octanol–water partition coefficient (Wildman–Crippen LogP) is 2.51. The summed E-state index contributed by atoms with van der Waals surface area (Å²) in [5, 5.41) is 0. The largest absolute Gasteiger partial charge is 1.00 e. The van der Waals surface area contributed by atoms with Crippen molar-refractivity contribution in [2.24, 2.45) is 5.73 Å². The summed E-state index contributed by atoms with van der Waals surface area (Å²) in [6, 6.07) is 0. The van der Waals surface area contributed by atoms with Gasteiger partial charge in [-0.1, -0.05) is 84.0 Å². The molecule has 0 aromatic carbocycles. The topological polar surface area (TPSA) is 26.0 Å². The van der Waals surface area contributed by atoms with Crippen molar-refractivity contribution in [2.75, 3.05) is 33.7 Å². The Morgan fingerprint density at radius 3 is 1.26 bits per heavy atom. The highest BCUT2D eigenvalue weighted by Gasteiger charge is 2.12. The van der Waals surface area contributed by atoms with Crippen molar-refractivity contribution in [1.29, 1.82) is 0 Å². The van der Waals surface area contributed by atoms with Gasteiger partial charge in [0.1, 0.15) is 0 Å². The standard InChI is InChI=1S/C20H45N2.ClH/c1-4-5-6-7-8-9-10-11-12-13-14-15-16-17-19-22(2,3)20-18-21;/h4-21H2,1-3H3;1H/q+1;/p-1. The molecular weight excluding hydrogens is 304 g/mol. The minimum Gasteiger partial charge on any atom is -1.00 e. The zero-order valence-electron chi connectivity index (χ0n) is 16.4. The van der Waals surface area contributed by atoms with Gasteiger partial charge in [0.25, 0.3) is 0 Å². The fourth-order valence-electron chi connectivity index (χ4n) is 3.20. The molecule has 0 unspecified atom stereocenters. The van der Waals surface area contributed by atoms with E-state index in [9.17, 15) is 0 Å². The van der Waals surface area contributed by atoms with E-state index in [1.54, 1.807) is 0 Å². The van der Waals surface area contributed by atoms with Crippen LogP contribution in [-0.2, 0) is 0 Å². The lowest BCUT2D eigenvalue weighted by atomic mass is 10.0. The molecule has 0 bridgehead atoms. The van der Waals surface area contributed by atoms with Crippen LogP contribution in [0.15, 0.2) is 0 Å². The first-order valence-electron chi connectivity index (χ1n) is 10.1. The highest BCUT2D eigenvalue weighted by molar-refractivity contribution is 4.49. The third kappa shape index (κ3) is 20.2. The lowest BCUT2D eigenvalue weighted by Gasteiger charge is -2.29. The third-order valence-electron chi connectivity index (χ3n) is 4.85. The first-order chi connectivity index (χ1) is 10.6. The molecule has 0 aromatic heterocycles. The van der Waals surface area contributed by atoms with Crippen molar-refractivity contribution >= 4 is 0 Å². The van der Waals surface area contributed by atoms with Gasteiger partial charge in [-0.2, -0.15) is 0 Å². The van der Waals surface area contributed by atoms with Gasteiger partial charge in [0, 0.05) is 6.54 Å².